The van der Waals surface area contributed by atoms with E-state index in [0.717, 1.165) is 5.92 Å². The third-order valence-electron chi connectivity index (χ3n) is 3.83. The highest BCUT2D eigenvalue weighted by Gasteiger charge is 2.49. The van der Waals surface area contributed by atoms with Crippen LogP contribution in [0.5, 0.6) is 0 Å². The van der Waals surface area contributed by atoms with Crippen molar-refractivity contribution in [3.05, 3.63) is 0 Å². The van der Waals surface area contributed by atoms with Crippen LogP contribution in [0.2, 0.25) is 0 Å². The summed E-state index contributed by atoms with van der Waals surface area (Å²) >= 11 is 0. The highest BCUT2D eigenvalue weighted by atomic mass is 16.1. The second-order valence-corrected chi connectivity index (χ2v) is 4.19. The molecule has 0 unspecified atom stereocenters. The zero-order chi connectivity index (χ0) is 7.90. The molecular formula is C10H16O. The Morgan fingerprint density at radius 2 is 1.82 bits per heavy atom. The molecule has 1 nitrogen and oxygen atoms in total. The molecule has 2 aliphatic rings. The monoisotopic (exact) mass is 152 g/mol. The van der Waals surface area contributed by atoms with E-state index >= 15 is 0 Å². The lowest BCUT2D eigenvalue weighted by molar-refractivity contribution is -0.127. The fourth-order valence-electron chi connectivity index (χ4n) is 3.20. The minimum Gasteiger partial charge on any atom is -0.299 e. The molecule has 0 saturated heterocycles. The van der Waals surface area contributed by atoms with E-state index in [0.29, 0.717) is 5.78 Å². The topological polar surface area (TPSA) is 17.1 Å². The van der Waals surface area contributed by atoms with E-state index in [1.165, 1.54) is 38.5 Å². The zero-order valence-corrected chi connectivity index (χ0v) is 7.23. The van der Waals surface area contributed by atoms with Gasteiger partial charge in [-0.15, -0.1) is 0 Å². The molecule has 0 spiro atoms. The van der Waals surface area contributed by atoms with Crippen LogP contribution < -0.4 is 0 Å². The van der Waals surface area contributed by atoms with Crippen molar-refractivity contribution < 1.29 is 4.79 Å². The first-order valence-electron chi connectivity index (χ1n) is 4.77. The lowest BCUT2D eigenvalue weighted by Crippen LogP contribution is -2.28. The molecule has 2 saturated carbocycles. The number of carbonyl (C=O) groups excluding carboxylic acids is 1. The standard InChI is InChI=1S/C10H16O/c1-8(11)10-6-2-4-9(10)5-3-7-10/h9H,2-7H2,1H3. The largest absolute Gasteiger partial charge is 0.299 e. The summed E-state index contributed by atoms with van der Waals surface area (Å²) in [4.78, 5) is 11.4. The molecule has 0 aromatic carbocycles. The summed E-state index contributed by atoms with van der Waals surface area (Å²) in [6.07, 6.45) is 7.60. The summed E-state index contributed by atoms with van der Waals surface area (Å²) < 4.78 is 0. The fraction of sp³-hybridized carbons (Fsp3) is 0.900. The van der Waals surface area contributed by atoms with Gasteiger partial charge in [-0.25, -0.2) is 0 Å². The molecular weight excluding hydrogens is 136 g/mol. The molecule has 0 bridgehead atoms. The molecule has 2 aliphatic carbocycles. The van der Waals surface area contributed by atoms with Crippen LogP contribution in [0, 0.1) is 11.3 Å². The number of Topliss-reactive ketones (excluding diaryl/α,β-unsaturated/α-hetero) is 1. The van der Waals surface area contributed by atoms with Crippen molar-refractivity contribution in [1.29, 1.82) is 0 Å². The summed E-state index contributed by atoms with van der Waals surface area (Å²) in [5.41, 5.74) is 0.167. The van der Waals surface area contributed by atoms with Gasteiger partial charge in [-0.2, -0.15) is 0 Å². The van der Waals surface area contributed by atoms with Gasteiger partial charge < -0.3 is 0 Å². The van der Waals surface area contributed by atoms with Crippen molar-refractivity contribution in [3.63, 3.8) is 0 Å². The fourth-order valence-corrected chi connectivity index (χ4v) is 3.20. The summed E-state index contributed by atoms with van der Waals surface area (Å²) in [6, 6.07) is 0. The first-order chi connectivity index (χ1) is 5.26. The Labute approximate surface area is 68.2 Å². The zero-order valence-electron chi connectivity index (χ0n) is 7.23. The number of fused-ring (bicyclic) bond motifs is 1. The number of hydrogen-bond acceptors (Lipinski definition) is 1. The second-order valence-electron chi connectivity index (χ2n) is 4.19. The minimum absolute atomic E-state index is 0.167. The van der Waals surface area contributed by atoms with Gasteiger partial charge in [0.2, 0.25) is 0 Å². The van der Waals surface area contributed by atoms with Crippen LogP contribution in [0.4, 0.5) is 0 Å². The van der Waals surface area contributed by atoms with Crippen LogP contribution in [-0.4, -0.2) is 5.78 Å². The third kappa shape index (κ3) is 0.863. The number of carbonyl (C=O) groups is 1. The maximum absolute atomic E-state index is 11.4. The quantitative estimate of drug-likeness (QED) is 0.564. The van der Waals surface area contributed by atoms with Gasteiger partial charge in [-0.1, -0.05) is 12.8 Å². The van der Waals surface area contributed by atoms with Crippen molar-refractivity contribution >= 4 is 5.78 Å². The van der Waals surface area contributed by atoms with Crippen molar-refractivity contribution in [2.75, 3.05) is 0 Å². The smallest absolute Gasteiger partial charge is 0.136 e. The van der Waals surface area contributed by atoms with E-state index in [9.17, 15) is 4.79 Å². The molecule has 0 atom stereocenters. The summed E-state index contributed by atoms with van der Waals surface area (Å²) in [6.45, 7) is 1.80. The second kappa shape index (κ2) is 2.33. The maximum Gasteiger partial charge on any atom is 0.136 e. The molecule has 62 valence electrons. The van der Waals surface area contributed by atoms with E-state index in [4.69, 9.17) is 0 Å². The number of rotatable bonds is 1. The average molecular weight is 152 g/mol. The third-order valence-corrected chi connectivity index (χ3v) is 3.83. The van der Waals surface area contributed by atoms with Crippen LogP contribution in [0.3, 0.4) is 0 Å². The predicted molar refractivity (Wildman–Crippen MR) is 44.3 cm³/mol. The van der Waals surface area contributed by atoms with Gasteiger partial charge >= 0.3 is 0 Å². The summed E-state index contributed by atoms with van der Waals surface area (Å²) in [7, 11) is 0. The Morgan fingerprint density at radius 3 is 2.18 bits per heavy atom. The molecule has 0 aromatic rings. The normalized spacial score (nSPS) is 42.5. The molecule has 0 aliphatic heterocycles. The molecule has 1 heteroatoms. The van der Waals surface area contributed by atoms with E-state index in [1.54, 1.807) is 6.92 Å². The highest BCUT2D eigenvalue weighted by molar-refractivity contribution is 5.83. The Balaban J connectivity index is 2.26. The number of ketones is 1. The van der Waals surface area contributed by atoms with Crippen LogP contribution in [0.15, 0.2) is 0 Å². The lowest BCUT2D eigenvalue weighted by atomic mass is 9.77. The van der Waals surface area contributed by atoms with Crippen molar-refractivity contribution in [2.24, 2.45) is 11.3 Å². The van der Waals surface area contributed by atoms with E-state index in [2.05, 4.69) is 0 Å². The maximum atomic E-state index is 11.4. The summed E-state index contributed by atoms with van der Waals surface area (Å²) in [5.74, 6) is 1.23. The van der Waals surface area contributed by atoms with E-state index < -0.39 is 0 Å². The molecule has 2 rings (SSSR count). The van der Waals surface area contributed by atoms with Crippen LogP contribution in [0.25, 0.3) is 0 Å². The molecule has 0 amide bonds. The predicted octanol–water partition coefficient (Wildman–Crippen LogP) is 2.55. The molecule has 0 radical (unpaired) electrons. The van der Waals surface area contributed by atoms with Crippen molar-refractivity contribution in [3.8, 4) is 0 Å². The minimum atomic E-state index is 0.167. The van der Waals surface area contributed by atoms with Crippen molar-refractivity contribution in [2.45, 2.75) is 45.4 Å². The van der Waals surface area contributed by atoms with Gasteiger partial charge in [0.25, 0.3) is 0 Å². The molecule has 0 aromatic heterocycles. The Kier molecular flexibility index (Phi) is 1.55. The van der Waals surface area contributed by atoms with E-state index in [1.807, 2.05) is 0 Å². The van der Waals surface area contributed by atoms with Crippen LogP contribution in [0.1, 0.15) is 45.4 Å². The Morgan fingerprint density at radius 1 is 1.27 bits per heavy atom. The molecule has 2 fully saturated rings. The van der Waals surface area contributed by atoms with E-state index in [-0.39, 0.29) is 5.41 Å². The van der Waals surface area contributed by atoms with Gasteiger partial charge in [0.1, 0.15) is 5.78 Å². The number of hydrogen-bond donors (Lipinski definition) is 0. The average Bonchev–Trinajstić information content (AvgIpc) is 2.40. The SMILES string of the molecule is CC(=O)C12CCCC1CCC2. The molecule has 0 heterocycles. The van der Waals surface area contributed by atoms with Crippen LogP contribution >= 0.6 is 0 Å². The van der Waals surface area contributed by atoms with Gasteiger partial charge in [0.15, 0.2) is 0 Å². The van der Waals surface area contributed by atoms with Gasteiger partial charge in [-0.05, 0) is 38.5 Å². The van der Waals surface area contributed by atoms with Gasteiger partial charge in [-0.3, -0.25) is 4.79 Å². The Hall–Kier alpha value is -0.330. The van der Waals surface area contributed by atoms with Gasteiger partial charge in [0, 0.05) is 5.41 Å². The first kappa shape index (κ1) is 7.33. The van der Waals surface area contributed by atoms with Crippen LogP contribution in [-0.2, 0) is 4.79 Å². The molecule has 0 N–H and O–H groups in total. The first-order valence-corrected chi connectivity index (χ1v) is 4.77. The highest BCUT2D eigenvalue weighted by Crippen LogP contribution is 2.54. The lowest BCUT2D eigenvalue weighted by Gasteiger charge is -2.25. The van der Waals surface area contributed by atoms with Crippen molar-refractivity contribution in [1.82, 2.24) is 0 Å². The Bertz CT molecular complexity index is 173. The van der Waals surface area contributed by atoms with Gasteiger partial charge in [0.05, 0.1) is 0 Å². The molecule has 11 heavy (non-hydrogen) atoms. The summed E-state index contributed by atoms with van der Waals surface area (Å²) in [5, 5.41) is 0.